The van der Waals surface area contributed by atoms with Crippen LogP contribution in [-0.2, 0) is 14.3 Å². The van der Waals surface area contributed by atoms with Crippen molar-refractivity contribution in [3.05, 3.63) is 28.2 Å². The first-order chi connectivity index (χ1) is 8.02. The summed E-state index contributed by atoms with van der Waals surface area (Å²) in [6.45, 7) is 3.36. The highest BCUT2D eigenvalue weighted by Gasteiger charge is 2.06. The van der Waals surface area contributed by atoms with E-state index in [9.17, 15) is 9.59 Å². The van der Waals surface area contributed by atoms with Gasteiger partial charge in [0, 0.05) is 16.6 Å². The number of aryl methyl sites for hydroxylation is 1. The third kappa shape index (κ3) is 4.56. The van der Waals surface area contributed by atoms with Crippen LogP contribution in [-0.4, -0.2) is 18.5 Å². The van der Waals surface area contributed by atoms with E-state index in [1.165, 1.54) is 0 Å². The number of rotatable bonds is 4. The van der Waals surface area contributed by atoms with E-state index >= 15 is 0 Å². The number of anilines is 1. The molecular formula is C12H14BrNO3. The lowest BCUT2D eigenvalue weighted by Gasteiger charge is -2.07. The summed E-state index contributed by atoms with van der Waals surface area (Å²) in [5, 5.41) is 2.65. The number of amides is 1. The van der Waals surface area contributed by atoms with Crippen LogP contribution in [0.25, 0.3) is 0 Å². The number of carbonyl (C=O) groups is 2. The smallest absolute Gasteiger partial charge is 0.306 e. The summed E-state index contributed by atoms with van der Waals surface area (Å²) in [6, 6.07) is 5.46. The van der Waals surface area contributed by atoms with Crippen LogP contribution in [0.5, 0.6) is 0 Å². The van der Waals surface area contributed by atoms with E-state index in [1.54, 1.807) is 13.0 Å². The van der Waals surface area contributed by atoms with Gasteiger partial charge in [0.1, 0.15) is 0 Å². The van der Waals surface area contributed by atoms with Gasteiger partial charge in [-0.05, 0) is 30.7 Å². The molecule has 1 aromatic rings. The zero-order chi connectivity index (χ0) is 12.8. The van der Waals surface area contributed by atoms with Gasteiger partial charge in [-0.3, -0.25) is 9.59 Å². The Morgan fingerprint density at radius 1 is 1.41 bits per heavy atom. The lowest BCUT2D eigenvalue weighted by Crippen LogP contribution is -2.20. The molecule has 0 aliphatic rings. The highest BCUT2D eigenvalue weighted by Crippen LogP contribution is 2.19. The number of carbonyl (C=O) groups excluding carboxylic acids is 2. The number of ether oxygens (including phenoxy) is 1. The van der Waals surface area contributed by atoms with Crippen molar-refractivity contribution in [2.75, 3.05) is 11.9 Å². The van der Waals surface area contributed by atoms with Crippen molar-refractivity contribution in [3.8, 4) is 0 Å². The molecule has 0 spiro atoms. The number of hydrogen-bond acceptors (Lipinski definition) is 3. The molecule has 1 aromatic carbocycles. The van der Waals surface area contributed by atoms with E-state index in [1.807, 2.05) is 19.1 Å². The van der Waals surface area contributed by atoms with Gasteiger partial charge in [-0.2, -0.15) is 0 Å². The Morgan fingerprint density at radius 2 is 2.12 bits per heavy atom. The first kappa shape index (κ1) is 13.7. The van der Waals surface area contributed by atoms with Crippen LogP contribution in [0, 0.1) is 6.92 Å². The Kier molecular flexibility index (Phi) is 5.15. The van der Waals surface area contributed by atoms with Gasteiger partial charge in [0.2, 0.25) is 0 Å². The van der Waals surface area contributed by atoms with Gasteiger partial charge in [-0.1, -0.05) is 22.9 Å². The third-order valence-corrected chi connectivity index (χ3v) is 2.98. The lowest BCUT2D eigenvalue weighted by atomic mass is 10.2. The topological polar surface area (TPSA) is 55.4 Å². The molecule has 17 heavy (non-hydrogen) atoms. The van der Waals surface area contributed by atoms with E-state index in [-0.39, 0.29) is 24.9 Å². The standard InChI is InChI=1S/C12H14BrNO3/c1-3-12(16)17-7-11(15)14-9-4-5-10(13)8(2)6-9/h4-6H,3,7H2,1-2H3,(H,14,15). The number of halogens is 1. The van der Waals surface area contributed by atoms with Crippen LogP contribution < -0.4 is 5.32 Å². The van der Waals surface area contributed by atoms with Crippen molar-refractivity contribution in [1.82, 2.24) is 0 Å². The molecule has 1 N–H and O–H groups in total. The van der Waals surface area contributed by atoms with Crippen molar-refractivity contribution >= 4 is 33.5 Å². The minimum absolute atomic E-state index is 0.248. The maximum absolute atomic E-state index is 11.4. The molecule has 0 atom stereocenters. The van der Waals surface area contributed by atoms with Gasteiger partial charge in [0.05, 0.1) is 0 Å². The second kappa shape index (κ2) is 6.39. The molecule has 5 heteroatoms. The summed E-state index contributed by atoms with van der Waals surface area (Å²) < 4.78 is 5.70. The van der Waals surface area contributed by atoms with E-state index < -0.39 is 0 Å². The molecule has 0 saturated carbocycles. The van der Waals surface area contributed by atoms with E-state index in [2.05, 4.69) is 21.2 Å². The van der Waals surface area contributed by atoms with Gasteiger partial charge in [-0.25, -0.2) is 0 Å². The number of hydrogen-bond donors (Lipinski definition) is 1. The predicted molar refractivity (Wildman–Crippen MR) is 68.8 cm³/mol. The van der Waals surface area contributed by atoms with Crippen LogP contribution in [0.4, 0.5) is 5.69 Å². The molecule has 0 radical (unpaired) electrons. The van der Waals surface area contributed by atoms with Crippen LogP contribution in [0.1, 0.15) is 18.9 Å². The van der Waals surface area contributed by atoms with Gasteiger partial charge in [0.25, 0.3) is 5.91 Å². The largest absolute Gasteiger partial charge is 0.456 e. The summed E-state index contributed by atoms with van der Waals surface area (Å²) in [6.07, 6.45) is 0.269. The van der Waals surface area contributed by atoms with Gasteiger partial charge < -0.3 is 10.1 Å². The molecule has 0 unspecified atom stereocenters. The van der Waals surface area contributed by atoms with E-state index in [0.29, 0.717) is 5.69 Å². The molecule has 0 saturated heterocycles. The maximum atomic E-state index is 11.4. The first-order valence-corrected chi connectivity index (χ1v) is 6.04. The van der Waals surface area contributed by atoms with Crippen LogP contribution in [0.15, 0.2) is 22.7 Å². The van der Waals surface area contributed by atoms with Crippen molar-refractivity contribution in [2.45, 2.75) is 20.3 Å². The highest BCUT2D eigenvalue weighted by atomic mass is 79.9. The summed E-state index contributed by atoms with van der Waals surface area (Å²) in [5.74, 6) is -0.722. The molecule has 0 aliphatic heterocycles. The molecule has 0 aromatic heterocycles. The van der Waals surface area contributed by atoms with Crippen molar-refractivity contribution < 1.29 is 14.3 Å². The first-order valence-electron chi connectivity index (χ1n) is 5.24. The van der Waals surface area contributed by atoms with Gasteiger partial charge >= 0.3 is 5.97 Å². The van der Waals surface area contributed by atoms with Gasteiger partial charge in [0.15, 0.2) is 6.61 Å². The van der Waals surface area contributed by atoms with Crippen molar-refractivity contribution in [2.24, 2.45) is 0 Å². The zero-order valence-electron chi connectivity index (χ0n) is 9.75. The van der Waals surface area contributed by atoms with Crippen LogP contribution in [0.2, 0.25) is 0 Å². The van der Waals surface area contributed by atoms with Crippen molar-refractivity contribution in [3.63, 3.8) is 0 Å². The SMILES string of the molecule is CCC(=O)OCC(=O)Nc1ccc(Br)c(C)c1. The molecule has 0 heterocycles. The molecule has 1 rings (SSSR count). The molecule has 0 bridgehead atoms. The Balaban J connectivity index is 2.50. The molecule has 0 fully saturated rings. The minimum atomic E-state index is -0.382. The average Bonchev–Trinajstić information content (AvgIpc) is 2.31. The van der Waals surface area contributed by atoms with Crippen LogP contribution >= 0.6 is 15.9 Å². The second-order valence-corrected chi connectivity index (χ2v) is 4.38. The van der Waals surface area contributed by atoms with E-state index in [0.717, 1.165) is 10.0 Å². The quantitative estimate of drug-likeness (QED) is 0.870. The molecule has 4 nitrogen and oxygen atoms in total. The molecular weight excluding hydrogens is 286 g/mol. The number of benzene rings is 1. The maximum Gasteiger partial charge on any atom is 0.306 e. The Bertz CT molecular complexity index is 432. The molecule has 92 valence electrons. The highest BCUT2D eigenvalue weighted by molar-refractivity contribution is 9.10. The Morgan fingerprint density at radius 3 is 2.71 bits per heavy atom. The normalized spacial score (nSPS) is 9.82. The van der Waals surface area contributed by atoms with Crippen molar-refractivity contribution in [1.29, 1.82) is 0 Å². The molecule has 1 amide bonds. The predicted octanol–water partition coefficient (Wildman–Crippen LogP) is 2.65. The summed E-state index contributed by atoms with van der Waals surface area (Å²) in [7, 11) is 0. The zero-order valence-corrected chi connectivity index (χ0v) is 11.3. The fraction of sp³-hybridized carbons (Fsp3) is 0.333. The average molecular weight is 300 g/mol. The summed E-state index contributed by atoms with van der Waals surface area (Å²) in [4.78, 5) is 22.3. The minimum Gasteiger partial charge on any atom is -0.456 e. The lowest BCUT2D eigenvalue weighted by molar-refractivity contribution is -0.146. The number of nitrogens with one attached hydrogen (secondary N) is 1. The Hall–Kier alpha value is -1.36. The monoisotopic (exact) mass is 299 g/mol. The summed E-state index contributed by atoms with van der Waals surface area (Å²) >= 11 is 3.37. The van der Waals surface area contributed by atoms with E-state index in [4.69, 9.17) is 4.74 Å². The summed E-state index contributed by atoms with van der Waals surface area (Å²) in [5.41, 5.74) is 1.71. The Labute approximate surface area is 108 Å². The second-order valence-electron chi connectivity index (χ2n) is 3.53. The molecule has 0 aliphatic carbocycles. The fourth-order valence-corrected chi connectivity index (χ4v) is 1.41. The van der Waals surface area contributed by atoms with Crippen LogP contribution in [0.3, 0.4) is 0 Å². The fourth-order valence-electron chi connectivity index (χ4n) is 1.17. The third-order valence-electron chi connectivity index (χ3n) is 2.09. The van der Waals surface area contributed by atoms with Gasteiger partial charge in [-0.15, -0.1) is 0 Å². The number of esters is 1.